The Hall–Kier alpha value is -1.37. The monoisotopic (exact) mass is 375 g/mol. The smallest absolute Gasteiger partial charge is 0.365 e. The molecule has 0 aliphatic carbocycles. The predicted molar refractivity (Wildman–Crippen MR) is 86.9 cm³/mol. The van der Waals surface area contributed by atoms with Gasteiger partial charge in [-0.25, -0.2) is 9.18 Å². The molecule has 1 aromatic rings. The van der Waals surface area contributed by atoms with Gasteiger partial charge in [0, 0.05) is 13.0 Å². The number of benzene rings is 1. The van der Waals surface area contributed by atoms with Crippen molar-refractivity contribution in [2.45, 2.75) is 63.9 Å². The highest BCUT2D eigenvalue weighted by atomic mass is 35.5. The molecule has 2 rings (SSSR count). The van der Waals surface area contributed by atoms with Gasteiger partial charge in [-0.3, -0.25) is 0 Å². The molecule has 1 heterocycles. The van der Waals surface area contributed by atoms with E-state index in [1.165, 1.54) is 12.1 Å². The second kappa shape index (κ2) is 10.6. The summed E-state index contributed by atoms with van der Waals surface area (Å²) in [6, 6.07) is 5.55. The zero-order chi connectivity index (χ0) is 17.5. The average molecular weight is 376 g/mol. The van der Waals surface area contributed by atoms with Crippen LogP contribution >= 0.6 is 0 Å². The van der Waals surface area contributed by atoms with Crippen LogP contribution in [0.4, 0.5) is 4.39 Å². The highest BCUT2D eigenvalue weighted by molar-refractivity contribution is 5.74. The molecule has 25 heavy (non-hydrogen) atoms. The molecule has 3 N–H and O–H groups in total. The van der Waals surface area contributed by atoms with E-state index in [2.05, 4.69) is 5.73 Å². The van der Waals surface area contributed by atoms with Crippen LogP contribution in [0.3, 0.4) is 0 Å². The Morgan fingerprint density at radius 1 is 1.28 bits per heavy atom. The fraction of sp³-hybridized carbons (Fsp3) is 0.611. The molecular formula is C18H27ClFNO4. The van der Waals surface area contributed by atoms with Crippen molar-refractivity contribution in [3.05, 3.63) is 30.1 Å². The van der Waals surface area contributed by atoms with Gasteiger partial charge >= 0.3 is 5.97 Å². The molecule has 0 radical (unpaired) electrons. The summed E-state index contributed by atoms with van der Waals surface area (Å²) in [7, 11) is 0. The van der Waals surface area contributed by atoms with E-state index in [9.17, 15) is 9.18 Å². The van der Waals surface area contributed by atoms with Gasteiger partial charge in [0.2, 0.25) is 0 Å². The van der Waals surface area contributed by atoms with E-state index in [0.29, 0.717) is 18.8 Å². The Bertz CT molecular complexity index is 528. The molecule has 1 aromatic carbocycles. The lowest BCUT2D eigenvalue weighted by Gasteiger charge is -2.31. The van der Waals surface area contributed by atoms with Crippen LogP contribution in [0, 0.1) is 5.82 Å². The number of esters is 1. The van der Waals surface area contributed by atoms with Crippen LogP contribution in [0.5, 0.6) is 5.75 Å². The summed E-state index contributed by atoms with van der Waals surface area (Å²) in [5.74, 6) is -0.0247. The van der Waals surface area contributed by atoms with E-state index in [-0.39, 0.29) is 42.4 Å². The van der Waals surface area contributed by atoms with Crippen LogP contribution in [0.25, 0.3) is 0 Å². The fourth-order valence-electron chi connectivity index (χ4n) is 2.81. The highest BCUT2D eigenvalue weighted by Gasteiger charge is 2.35. The molecule has 0 spiro atoms. The Labute approximate surface area is 154 Å². The summed E-state index contributed by atoms with van der Waals surface area (Å²) < 4.78 is 30.6. The average Bonchev–Trinajstić information content (AvgIpc) is 2.60. The molecule has 0 amide bonds. The van der Waals surface area contributed by atoms with E-state index < -0.39 is 6.10 Å². The Morgan fingerprint density at radius 2 is 1.96 bits per heavy atom. The zero-order valence-electron chi connectivity index (χ0n) is 14.8. The number of carbonyl (C=O) groups excluding carboxylic acids is 1. The molecule has 1 fully saturated rings. The van der Waals surface area contributed by atoms with Gasteiger partial charge in [0.05, 0.1) is 0 Å². The summed E-state index contributed by atoms with van der Waals surface area (Å²) in [5.41, 5.74) is 3.86. The lowest BCUT2D eigenvalue weighted by atomic mass is 10.0. The van der Waals surface area contributed by atoms with Crippen molar-refractivity contribution in [2.24, 2.45) is 0 Å². The Kier molecular flexibility index (Phi) is 9.17. The molecule has 1 aliphatic heterocycles. The normalized spacial score (nSPS) is 27.3. The molecule has 0 unspecified atom stereocenters. The number of cyclic esters (lactones) is 1. The molecule has 0 bridgehead atoms. The third-order valence-electron chi connectivity index (χ3n) is 4.12. The molecule has 1 saturated heterocycles. The van der Waals surface area contributed by atoms with Crippen LogP contribution in [-0.2, 0) is 14.3 Å². The summed E-state index contributed by atoms with van der Waals surface area (Å²) in [6.07, 6.45) is 1.94. The van der Waals surface area contributed by atoms with Crippen molar-refractivity contribution in [2.75, 3.05) is 6.61 Å². The summed E-state index contributed by atoms with van der Waals surface area (Å²) >= 11 is 0. The largest absolute Gasteiger partial charge is 1.00 e. The first-order valence-electron chi connectivity index (χ1n) is 8.58. The number of halogens is 2. The van der Waals surface area contributed by atoms with Crippen molar-refractivity contribution in [3.63, 3.8) is 0 Å². The maximum Gasteiger partial charge on any atom is 0.365 e. The van der Waals surface area contributed by atoms with Crippen LogP contribution < -0.4 is 22.9 Å². The Balaban J connectivity index is 0.00000312. The second-order valence-corrected chi connectivity index (χ2v) is 6.22. The van der Waals surface area contributed by atoms with E-state index >= 15 is 0 Å². The standard InChI is InChI=1S/C18H26FNO4.ClH/c1-3-11-22-17-12(2)23-18(21)15(20)5-4-6-16(17)24-14-9-7-13(19)8-10-14;/h7-10,12,15-17H,3-6,11,20H2,1-2H3;1H/t12-,15-,16-,17-;/m0./s1. The van der Waals surface area contributed by atoms with E-state index in [0.717, 1.165) is 19.3 Å². The van der Waals surface area contributed by atoms with Crippen molar-refractivity contribution in [1.29, 1.82) is 0 Å². The first-order chi connectivity index (χ1) is 11.5. The van der Waals surface area contributed by atoms with Crippen molar-refractivity contribution >= 4 is 5.97 Å². The predicted octanol–water partition coefficient (Wildman–Crippen LogP) is -0.902. The minimum Gasteiger partial charge on any atom is -1.00 e. The number of hydrogen-bond donors (Lipinski definition) is 1. The van der Waals surface area contributed by atoms with Crippen LogP contribution in [0.2, 0.25) is 0 Å². The highest BCUT2D eigenvalue weighted by Crippen LogP contribution is 2.24. The SMILES string of the molecule is CCCO[C@H]1[C@H](C)OC(=O)[C@@H]([NH3+])CCC[C@@H]1Oc1ccc(F)cc1.[Cl-]. The van der Waals surface area contributed by atoms with Gasteiger partial charge in [0.1, 0.15) is 29.9 Å². The molecule has 7 heteroatoms. The van der Waals surface area contributed by atoms with Gasteiger partial charge in [-0.2, -0.15) is 0 Å². The topological polar surface area (TPSA) is 72.4 Å². The number of hydrogen-bond acceptors (Lipinski definition) is 4. The molecule has 4 atom stereocenters. The van der Waals surface area contributed by atoms with Crippen molar-refractivity contribution in [1.82, 2.24) is 0 Å². The molecule has 0 saturated carbocycles. The lowest BCUT2D eigenvalue weighted by molar-refractivity contribution is -0.410. The summed E-state index contributed by atoms with van der Waals surface area (Å²) in [5, 5.41) is 0. The molecule has 0 aromatic heterocycles. The van der Waals surface area contributed by atoms with Gasteiger partial charge < -0.3 is 32.4 Å². The quantitative estimate of drug-likeness (QED) is 0.677. The maximum absolute atomic E-state index is 13.1. The van der Waals surface area contributed by atoms with Gasteiger partial charge in [-0.05, 0) is 50.5 Å². The van der Waals surface area contributed by atoms with Crippen LogP contribution in [-0.4, -0.2) is 36.9 Å². The number of carbonyl (C=O) groups is 1. The van der Waals surface area contributed by atoms with Gasteiger partial charge in [-0.15, -0.1) is 0 Å². The molecule has 5 nitrogen and oxygen atoms in total. The summed E-state index contributed by atoms with van der Waals surface area (Å²) in [4.78, 5) is 12.0. The van der Waals surface area contributed by atoms with Gasteiger partial charge in [0.15, 0.2) is 6.04 Å². The first kappa shape index (κ1) is 21.7. The van der Waals surface area contributed by atoms with Crippen LogP contribution in [0.1, 0.15) is 39.5 Å². The van der Waals surface area contributed by atoms with E-state index in [1.807, 2.05) is 13.8 Å². The molecular weight excluding hydrogens is 349 g/mol. The minimum absolute atomic E-state index is 0. The number of ether oxygens (including phenoxy) is 3. The van der Waals surface area contributed by atoms with Crippen molar-refractivity contribution < 1.29 is 41.5 Å². The molecule has 1 aliphatic rings. The minimum atomic E-state index is -0.433. The second-order valence-electron chi connectivity index (χ2n) is 6.22. The number of quaternary nitrogens is 1. The fourth-order valence-corrected chi connectivity index (χ4v) is 2.81. The van der Waals surface area contributed by atoms with E-state index in [4.69, 9.17) is 14.2 Å². The van der Waals surface area contributed by atoms with Gasteiger partial charge in [0.25, 0.3) is 0 Å². The maximum atomic E-state index is 13.1. The Morgan fingerprint density at radius 3 is 2.60 bits per heavy atom. The number of rotatable bonds is 5. The van der Waals surface area contributed by atoms with E-state index in [1.54, 1.807) is 12.1 Å². The zero-order valence-corrected chi connectivity index (χ0v) is 15.5. The third kappa shape index (κ3) is 6.45. The third-order valence-corrected chi connectivity index (χ3v) is 4.12. The van der Waals surface area contributed by atoms with Crippen LogP contribution in [0.15, 0.2) is 24.3 Å². The van der Waals surface area contributed by atoms with Crippen molar-refractivity contribution in [3.8, 4) is 5.75 Å². The lowest BCUT2D eigenvalue weighted by Crippen LogP contribution is -3.00. The first-order valence-corrected chi connectivity index (χ1v) is 8.58. The van der Waals surface area contributed by atoms with Gasteiger partial charge in [-0.1, -0.05) is 6.92 Å². The summed E-state index contributed by atoms with van der Waals surface area (Å²) in [6.45, 7) is 4.40. The molecule has 142 valence electrons.